The lowest BCUT2D eigenvalue weighted by Gasteiger charge is -2.45. The Balaban J connectivity index is 1.98. The van der Waals surface area contributed by atoms with E-state index in [1.54, 1.807) is 18.4 Å². The molecule has 26 heavy (non-hydrogen) atoms. The highest BCUT2D eigenvalue weighted by atomic mass is 15.4. The first kappa shape index (κ1) is 18.0. The van der Waals surface area contributed by atoms with Gasteiger partial charge in [-0.15, -0.1) is 0 Å². The number of rotatable bonds is 5. The van der Waals surface area contributed by atoms with Crippen molar-refractivity contribution in [2.75, 3.05) is 22.9 Å². The Hall–Kier alpha value is -2.82. The number of aromatic nitrogens is 1. The van der Waals surface area contributed by atoms with Crippen LogP contribution in [-0.4, -0.2) is 29.4 Å². The molecule has 2 aliphatic rings. The van der Waals surface area contributed by atoms with E-state index in [2.05, 4.69) is 52.8 Å². The van der Waals surface area contributed by atoms with E-state index in [0.717, 1.165) is 53.9 Å². The predicted octanol–water partition coefficient (Wildman–Crippen LogP) is 4.08. The molecular formula is C21H27N5. The quantitative estimate of drug-likeness (QED) is 0.494. The zero-order valence-corrected chi connectivity index (χ0v) is 15.9. The van der Waals surface area contributed by atoms with Crippen molar-refractivity contribution in [2.45, 2.75) is 32.7 Å². The molecule has 5 nitrogen and oxygen atoms in total. The van der Waals surface area contributed by atoms with Gasteiger partial charge in [0.25, 0.3) is 0 Å². The fraction of sp³-hybridized carbons (Fsp3) is 0.333. The summed E-state index contributed by atoms with van der Waals surface area (Å²) in [6, 6.07) is 4.19. The maximum absolute atomic E-state index is 4.90. The van der Waals surface area contributed by atoms with Crippen LogP contribution >= 0.6 is 0 Å². The summed E-state index contributed by atoms with van der Waals surface area (Å²) in [4.78, 5) is 13.9. The second-order valence-electron chi connectivity index (χ2n) is 7.19. The highest BCUT2D eigenvalue weighted by Crippen LogP contribution is 2.45. The summed E-state index contributed by atoms with van der Waals surface area (Å²) in [5, 5.41) is 3.32. The highest BCUT2D eigenvalue weighted by Gasteiger charge is 2.47. The van der Waals surface area contributed by atoms with Crippen LogP contribution in [0.5, 0.6) is 0 Å². The van der Waals surface area contributed by atoms with Crippen molar-refractivity contribution < 1.29 is 0 Å². The Morgan fingerprint density at radius 2 is 2.12 bits per heavy atom. The average Bonchev–Trinajstić information content (AvgIpc) is 2.92. The molecular weight excluding hydrogens is 322 g/mol. The molecule has 0 unspecified atom stereocenters. The molecule has 0 spiro atoms. The maximum atomic E-state index is 4.90. The standard InChI is InChI=1S/C21H27N5/c1-7-8-12-22-16(4)23-17(5)26-20-19(10-9-18(24-20)15(2)3)25-13-11-21(26,6)14-25/h7-10,12H,1-2,5,11,13-14H2,3-4,6H3,(H,22,23)/b12-8-/t21-/m0/s1. The molecule has 2 aliphatic heterocycles. The number of anilines is 2. The first-order valence-electron chi connectivity index (χ1n) is 8.86. The van der Waals surface area contributed by atoms with E-state index in [9.17, 15) is 0 Å². The van der Waals surface area contributed by atoms with Crippen molar-refractivity contribution in [1.82, 2.24) is 10.3 Å². The van der Waals surface area contributed by atoms with Crippen molar-refractivity contribution in [2.24, 2.45) is 4.99 Å². The molecule has 0 amide bonds. The lowest BCUT2D eigenvalue weighted by atomic mass is 9.97. The third-order valence-electron chi connectivity index (χ3n) is 4.92. The maximum Gasteiger partial charge on any atom is 0.159 e. The van der Waals surface area contributed by atoms with Crippen molar-refractivity contribution >= 4 is 22.9 Å². The Morgan fingerprint density at radius 1 is 1.35 bits per heavy atom. The van der Waals surface area contributed by atoms with Crippen LogP contribution in [-0.2, 0) is 0 Å². The lowest BCUT2D eigenvalue weighted by Crippen LogP contribution is -2.54. The minimum Gasteiger partial charge on any atom is -0.366 e. The number of amidine groups is 1. The molecule has 1 saturated heterocycles. The van der Waals surface area contributed by atoms with Crippen LogP contribution in [0.4, 0.5) is 11.5 Å². The first-order valence-corrected chi connectivity index (χ1v) is 8.86. The van der Waals surface area contributed by atoms with Gasteiger partial charge < -0.3 is 15.1 Å². The van der Waals surface area contributed by atoms with Crippen LogP contribution in [0.3, 0.4) is 0 Å². The number of aliphatic imine (C=N–C) groups is 1. The first-order chi connectivity index (χ1) is 12.4. The van der Waals surface area contributed by atoms with Crippen molar-refractivity contribution in [3.63, 3.8) is 0 Å². The third kappa shape index (κ3) is 3.17. The smallest absolute Gasteiger partial charge is 0.159 e. The summed E-state index contributed by atoms with van der Waals surface area (Å²) >= 11 is 0. The second-order valence-corrected chi connectivity index (χ2v) is 7.19. The number of fused-ring (bicyclic) bond motifs is 4. The zero-order valence-electron chi connectivity index (χ0n) is 15.9. The summed E-state index contributed by atoms with van der Waals surface area (Å²) < 4.78 is 0. The Morgan fingerprint density at radius 3 is 2.81 bits per heavy atom. The molecule has 0 saturated carbocycles. The van der Waals surface area contributed by atoms with Gasteiger partial charge >= 0.3 is 0 Å². The highest BCUT2D eigenvalue weighted by molar-refractivity contribution is 5.84. The van der Waals surface area contributed by atoms with Crippen molar-refractivity contribution in [3.8, 4) is 0 Å². The number of nitrogens with one attached hydrogen (secondary N) is 1. The Bertz CT molecular complexity index is 820. The van der Waals surface area contributed by atoms with Gasteiger partial charge in [0, 0.05) is 19.3 Å². The zero-order chi connectivity index (χ0) is 18.9. The van der Waals surface area contributed by atoms with E-state index in [4.69, 9.17) is 4.98 Å². The molecule has 1 N–H and O–H groups in total. The summed E-state index contributed by atoms with van der Waals surface area (Å²) in [5.74, 6) is 2.49. The van der Waals surface area contributed by atoms with Crippen LogP contribution in [0, 0.1) is 0 Å². The van der Waals surface area contributed by atoms with Gasteiger partial charge in [-0.05, 0) is 51.0 Å². The van der Waals surface area contributed by atoms with Crippen LogP contribution in [0.2, 0.25) is 0 Å². The minimum atomic E-state index is -0.0466. The molecule has 136 valence electrons. The van der Waals surface area contributed by atoms with Gasteiger partial charge in [-0.25, -0.2) is 9.98 Å². The number of hydrogen-bond acceptors (Lipinski definition) is 4. The fourth-order valence-electron chi connectivity index (χ4n) is 3.65. The number of pyridine rings is 1. The van der Waals surface area contributed by atoms with Crippen LogP contribution < -0.4 is 15.1 Å². The van der Waals surface area contributed by atoms with Crippen LogP contribution in [0.25, 0.3) is 5.57 Å². The largest absolute Gasteiger partial charge is 0.366 e. The summed E-state index contributed by atoms with van der Waals surface area (Å²) in [7, 11) is 0. The van der Waals surface area contributed by atoms with Crippen LogP contribution in [0.1, 0.15) is 32.9 Å². The average molecular weight is 349 g/mol. The molecule has 0 aliphatic carbocycles. The molecule has 3 heterocycles. The Labute approximate surface area is 156 Å². The molecule has 1 atom stereocenters. The van der Waals surface area contributed by atoms with E-state index < -0.39 is 0 Å². The lowest BCUT2D eigenvalue weighted by molar-refractivity contribution is 0.476. The van der Waals surface area contributed by atoms with E-state index in [1.807, 2.05) is 19.9 Å². The third-order valence-corrected chi connectivity index (χ3v) is 4.92. The molecule has 2 bridgehead atoms. The molecule has 1 aromatic heterocycles. The van der Waals surface area contributed by atoms with E-state index in [1.165, 1.54) is 0 Å². The molecule has 1 aromatic rings. The van der Waals surface area contributed by atoms with E-state index in [0.29, 0.717) is 0 Å². The van der Waals surface area contributed by atoms with Crippen LogP contribution in [0.15, 0.2) is 61.0 Å². The summed E-state index contributed by atoms with van der Waals surface area (Å²) in [6.07, 6.45) is 6.26. The summed E-state index contributed by atoms with van der Waals surface area (Å²) in [5.41, 5.74) is 2.97. The van der Waals surface area contributed by atoms with Gasteiger partial charge in [0.15, 0.2) is 5.82 Å². The SMILES string of the molecule is C=C/C=C\N=C(C)NC(=C)N1c2nc(C(=C)C)ccc2N2CC[C@@]1(C)C2. The topological polar surface area (TPSA) is 43.8 Å². The number of nitrogens with zero attached hydrogens (tertiary/aromatic N) is 4. The number of hydrogen-bond donors (Lipinski definition) is 1. The van der Waals surface area contributed by atoms with Gasteiger partial charge in [-0.1, -0.05) is 25.8 Å². The molecule has 0 aromatic carbocycles. The molecule has 3 rings (SSSR count). The van der Waals surface area contributed by atoms with E-state index in [-0.39, 0.29) is 5.54 Å². The molecule has 1 fully saturated rings. The van der Waals surface area contributed by atoms with Crippen molar-refractivity contribution in [1.29, 1.82) is 0 Å². The van der Waals surface area contributed by atoms with Crippen molar-refractivity contribution in [3.05, 3.63) is 61.7 Å². The molecule has 5 heteroatoms. The normalized spacial score (nSPS) is 21.7. The number of allylic oxidation sites excluding steroid dienone is 3. The van der Waals surface area contributed by atoms with Gasteiger partial charge in [-0.2, -0.15) is 0 Å². The minimum absolute atomic E-state index is 0.0466. The molecule has 0 radical (unpaired) electrons. The predicted molar refractivity (Wildman–Crippen MR) is 111 cm³/mol. The van der Waals surface area contributed by atoms with E-state index >= 15 is 0 Å². The van der Waals surface area contributed by atoms with Gasteiger partial charge in [-0.3, -0.25) is 0 Å². The Kier molecular flexibility index (Phi) is 4.72. The van der Waals surface area contributed by atoms with Gasteiger partial charge in [0.1, 0.15) is 11.7 Å². The van der Waals surface area contributed by atoms with Gasteiger partial charge in [0.2, 0.25) is 0 Å². The second kappa shape index (κ2) is 6.83. The van der Waals surface area contributed by atoms with Gasteiger partial charge in [0.05, 0.1) is 16.9 Å². The monoisotopic (exact) mass is 349 g/mol. The summed E-state index contributed by atoms with van der Waals surface area (Å²) in [6.45, 7) is 20.1. The fourth-order valence-corrected chi connectivity index (χ4v) is 3.65.